The summed E-state index contributed by atoms with van der Waals surface area (Å²) in [5, 5.41) is 12.8. The van der Waals surface area contributed by atoms with E-state index in [0.717, 1.165) is 13.0 Å². The molecule has 3 rings (SSSR count). The highest BCUT2D eigenvalue weighted by molar-refractivity contribution is 5.68. The minimum Gasteiger partial charge on any atom is -0.507 e. The first-order chi connectivity index (χ1) is 12.7. The van der Waals surface area contributed by atoms with E-state index in [1.165, 1.54) is 0 Å². The van der Waals surface area contributed by atoms with Crippen molar-refractivity contribution in [1.29, 1.82) is 0 Å². The Kier molecular flexibility index (Phi) is 5.85. The summed E-state index contributed by atoms with van der Waals surface area (Å²) in [6, 6.07) is 7.01. The lowest BCUT2D eigenvalue weighted by Gasteiger charge is -2.18. The number of amides is 1. The van der Waals surface area contributed by atoms with Crippen molar-refractivity contribution in [2.45, 2.75) is 12.5 Å². The van der Waals surface area contributed by atoms with Crippen LogP contribution in [-0.2, 0) is 9.47 Å². The number of nitrogens with zero attached hydrogens (tertiary/aromatic N) is 3. The van der Waals surface area contributed by atoms with Gasteiger partial charge in [-0.15, -0.1) is 0 Å². The average molecular weight is 358 g/mol. The van der Waals surface area contributed by atoms with Crippen LogP contribution in [0.25, 0.3) is 11.3 Å². The van der Waals surface area contributed by atoms with Gasteiger partial charge in [0.05, 0.1) is 30.7 Å². The standard InChI is InChI=1S/C18H22N4O4/c1-25-8-9-26-18(24)20-13-6-7-22(12-13)17-11-19-10-15(21-17)14-4-2-3-5-16(14)23/h2-5,10-11,13,23H,6-9,12H2,1H3,(H,20,24)/t13-/m1/s1. The average Bonchev–Trinajstić information content (AvgIpc) is 3.11. The van der Waals surface area contributed by atoms with E-state index in [-0.39, 0.29) is 18.4 Å². The maximum Gasteiger partial charge on any atom is 0.407 e. The van der Waals surface area contributed by atoms with Crippen molar-refractivity contribution < 1.29 is 19.4 Å². The van der Waals surface area contributed by atoms with Gasteiger partial charge < -0.3 is 24.8 Å². The highest BCUT2D eigenvalue weighted by Gasteiger charge is 2.25. The van der Waals surface area contributed by atoms with Crippen LogP contribution in [0.1, 0.15) is 6.42 Å². The zero-order chi connectivity index (χ0) is 18.4. The number of hydrogen-bond acceptors (Lipinski definition) is 7. The normalized spacial score (nSPS) is 16.5. The lowest BCUT2D eigenvalue weighted by atomic mass is 10.1. The summed E-state index contributed by atoms with van der Waals surface area (Å²) in [5.74, 6) is 0.876. The fourth-order valence-electron chi connectivity index (χ4n) is 2.84. The summed E-state index contributed by atoms with van der Waals surface area (Å²) in [5.41, 5.74) is 1.24. The Bertz CT molecular complexity index is 755. The summed E-state index contributed by atoms with van der Waals surface area (Å²) in [6.07, 6.45) is 3.66. The molecule has 1 fully saturated rings. The van der Waals surface area contributed by atoms with E-state index in [1.807, 2.05) is 6.07 Å². The molecular weight excluding hydrogens is 336 g/mol. The number of aromatic hydroxyl groups is 1. The molecule has 1 amide bonds. The first kappa shape index (κ1) is 17.9. The second-order valence-corrected chi connectivity index (χ2v) is 5.98. The van der Waals surface area contributed by atoms with E-state index in [2.05, 4.69) is 20.2 Å². The van der Waals surface area contributed by atoms with Crippen LogP contribution in [-0.4, -0.2) is 60.6 Å². The number of phenolic OH excluding ortho intramolecular Hbond substituents is 1. The van der Waals surface area contributed by atoms with E-state index in [9.17, 15) is 9.90 Å². The Morgan fingerprint density at radius 2 is 2.19 bits per heavy atom. The van der Waals surface area contributed by atoms with Crippen LogP contribution in [0.5, 0.6) is 5.75 Å². The fourth-order valence-corrected chi connectivity index (χ4v) is 2.84. The van der Waals surface area contributed by atoms with Crippen LogP contribution >= 0.6 is 0 Å². The van der Waals surface area contributed by atoms with Crippen LogP contribution < -0.4 is 10.2 Å². The molecular formula is C18H22N4O4. The topological polar surface area (TPSA) is 96.8 Å². The quantitative estimate of drug-likeness (QED) is 0.760. The Balaban J connectivity index is 1.62. The van der Waals surface area contributed by atoms with Gasteiger partial charge in [-0.05, 0) is 18.6 Å². The van der Waals surface area contributed by atoms with Gasteiger partial charge in [-0.1, -0.05) is 12.1 Å². The largest absolute Gasteiger partial charge is 0.507 e. The van der Waals surface area contributed by atoms with Crippen LogP contribution in [0.4, 0.5) is 10.6 Å². The number of benzene rings is 1. The molecule has 1 atom stereocenters. The van der Waals surface area contributed by atoms with Crippen LogP contribution in [0, 0.1) is 0 Å². The van der Waals surface area contributed by atoms with Gasteiger partial charge >= 0.3 is 6.09 Å². The fraction of sp³-hybridized carbons (Fsp3) is 0.389. The van der Waals surface area contributed by atoms with Crippen molar-refractivity contribution in [2.75, 3.05) is 38.3 Å². The molecule has 2 heterocycles. The number of phenols is 1. The van der Waals surface area contributed by atoms with E-state index < -0.39 is 6.09 Å². The molecule has 26 heavy (non-hydrogen) atoms. The number of ether oxygens (including phenoxy) is 2. The summed E-state index contributed by atoms with van der Waals surface area (Å²) in [4.78, 5) is 22.6. The molecule has 0 saturated carbocycles. The van der Waals surface area contributed by atoms with E-state index in [4.69, 9.17) is 9.47 Å². The Hall–Kier alpha value is -2.87. The number of carbonyl (C=O) groups excluding carboxylic acids is 1. The first-order valence-electron chi connectivity index (χ1n) is 8.45. The molecule has 2 aromatic rings. The molecule has 0 aliphatic carbocycles. The van der Waals surface area contributed by atoms with Gasteiger partial charge in [-0.25, -0.2) is 9.78 Å². The molecule has 1 saturated heterocycles. The Morgan fingerprint density at radius 1 is 1.35 bits per heavy atom. The van der Waals surface area contributed by atoms with Crippen molar-refractivity contribution in [3.05, 3.63) is 36.7 Å². The molecule has 0 bridgehead atoms. The summed E-state index contributed by atoms with van der Waals surface area (Å²) in [7, 11) is 1.56. The number of alkyl carbamates (subject to hydrolysis) is 1. The van der Waals surface area contributed by atoms with Gasteiger partial charge in [0, 0.05) is 25.8 Å². The lowest BCUT2D eigenvalue weighted by Crippen LogP contribution is -2.38. The molecule has 1 aliphatic rings. The third kappa shape index (κ3) is 4.40. The molecule has 138 valence electrons. The molecule has 2 N–H and O–H groups in total. The van der Waals surface area contributed by atoms with Gasteiger partial charge in [-0.2, -0.15) is 0 Å². The van der Waals surface area contributed by atoms with Crippen molar-refractivity contribution >= 4 is 11.9 Å². The second kappa shape index (κ2) is 8.48. The molecule has 1 aromatic carbocycles. The number of anilines is 1. The molecule has 0 unspecified atom stereocenters. The molecule has 0 spiro atoms. The zero-order valence-corrected chi connectivity index (χ0v) is 14.6. The highest BCUT2D eigenvalue weighted by atomic mass is 16.6. The van der Waals surface area contributed by atoms with Gasteiger partial charge in [0.1, 0.15) is 18.2 Å². The van der Waals surface area contributed by atoms with E-state index in [0.29, 0.717) is 30.2 Å². The smallest absolute Gasteiger partial charge is 0.407 e. The van der Waals surface area contributed by atoms with E-state index in [1.54, 1.807) is 37.7 Å². The minimum atomic E-state index is -0.442. The Labute approximate surface area is 151 Å². The zero-order valence-electron chi connectivity index (χ0n) is 14.6. The van der Waals surface area contributed by atoms with Crippen LogP contribution in [0.3, 0.4) is 0 Å². The number of rotatable bonds is 6. The lowest BCUT2D eigenvalue weighted by molar-refractivity contribution is 0.0969. The van der Waals surface area contributed by atoms with Crippen molar-refractivity contribution in [1.82, 2.24) is 15.3 Å². The van der Waals surface area contributed by atoms with Gasteiger partial charge in [-0.3, -0.25) is 4.98 Å². The number of para-hydroxylation sites is 1. The third-order valence-electron chi connectivity index (χ3n) is 4.16. The highest BCUT2D eigenvalue weighted by Crippen LogP contribution is 2.28. The number of nitrogens with one attached hydrogen (secondary N) is 1. The van der Waals surface area contributed by atoms with Crippen LogP contribution in [0.2, 0.25) is 0 Å². The SMILES string of the molecule is COCCOC(=O)N[C@@H]1CCN(c2cncc(-c3ccccc3O)n2)C1. The molecule has 1 aliphatic heterocycles. The van der Waals surface area contributed by atoms with Gasteiger partial charge in [0.15, 0.2) is 0 Å². The molecule has 8 heteroatoms. The van der Waals surface area contributed by atoms with Crippen molar-refractivity contribution in [3.63, 3.8) is 0 Å². The van der Waals surface area contributed by atoms with Crippen LogP contribution in [0.15, 0.2) is 36.7 Å². The summed E-state index contributed by atoms with van der Waals surface area (Å²) < 4.78 is 9.87. The maximum atomic E-state index is 11.7. The monoisotopic (exact) mass is 358 g/mol. The van der Waals surface area contributed by atoms with E-state index >= 15 is 0 Å². The maximum absolute atomic E-state index is 11.7. The predicted octanol–water partition coefficient (Wildman–Crippen LogP) is 1.80. The molecule has 1 aromatic heterocycles. The minimum absolute atomic E-state index is 0.0133. The Morgan fingerprint density at radius 3 is 3.00 bits per heavy atom. The van der Waals surface area contributed by atoms with Crippen molar-refractivity contribution in [3.8, 4) is 17.0 Å². The first-order valence-corrected chi connectivity index (χ1v) is 8.45. The van der Waals surface area contributed by atoms with Crippen molar-refractivity contribution in [2.24, 2.45) is 0 Å². The number of methoxy groups -OCH3 is 1. The number of hydrogen-bond donors (Lipinski definition) is 2. The summed E-state index contributed by atoms with van der Waals surface area (Å²) >= 11 is 0. The third-order valence-corrected chi connectivity index (χ3v) is 4.16. The molecule has 0 radical (unpaired) electrons. The molecule has 8 nitrogen and oxygen atoms in total. The summed E-state index contributed by atoms with van der Waals surface area (Å²) in [6.45, 7) is 1.98. The number of aromatic nitrogens is 2. The van der Waals surface area contributed by atoms with Gasteiger partial charge in [0.25, 0.3) is 0 Å². The second-order valence-electron chi connectivity index (χ2n) is 5.98. The van der Waals surface area contributed by atoms with Gasteiger partial charge in [0.2, 0.25) is 0 Å². The predicted molar refractivity (Wildman–Crippen MR) is 96.1 cm³/mol. The number of carbonyl (C=O) groups is 1.